The molecule has 0 saturated carbocycles. The second kappa shape index (κ2) is 5.75. The number of rotatable bonds is 4. The van der Waals surface area contributed by atoms with Crippen molar-refractivity contribution in [2.24, 2.45) is 0 Å². The number of carbonyl (C=O) groups is 1. The van der Waals surface area contributed by atoms with Gasteiger partial charge >= 0.3 is 0 Å². The molecule has 0 fully saturated rings. The zero-order valence-corrected chi connectivity index (χ0v) is 11.4. The topological polar surface area (TPSA) is 59.0 Å². The Labute approximate surface area is 116 Å². The van der Waals surface area contributed by atoms with Crippen LogP contribution in [0.2, 0.25) is 5.15 Å². The Morgan fingerprint density at radius 2 is 2.16 bits per heavy atom. The third-order valence-corrected chi connectivity index (χ3v) is 2.94. The lowest BCUT2D eigenvalue weighted by Gasteiger charge is -2.19. The number of nitrogens with zero attached hydrogens (tertiary/aromatic N) is 4. The minimum atomic E-state index is 0.157. The van der Waals surface area contributed by atoms with Crippen molar-refractivity contribution in [3.63, 3.8) is 0 Å². The molecule has 0 aliphatic carbocycles. The Hall–Kier alpha value is -2.01. The molecule has 0 atom stereocenters. The van der Waals surface area contributed by atoms with Crippen LogP contribution in [0.3, 0.4) is 0 Å². The Morgan fingerprint density at radius 3 is 2.84 bits per heavy atom. The molecule has 0 N–H and O–H groups in total. The quantitative estimate of drug-likeness (QED) is 0.633. The van der Waals surface area contributed by atoms with Gasteiger partial charge in [-0.3, -0.25) is 9.78 Å². The highest BCUT2D eigenvalue weighted by molar-refractivity contribution is 6.32. The first kappa shape index (κ1) is 13.4. The Bertz CT molecular complexity index is 603. The molecule has 98 valence electrons. The van der Waals surface area contributed by atoms with E-state index in [-0.39, 0.29) is 5.15 Å². The van der Waals surface area contributed by atoms with Crippen molar-refractivity contribution >= 4 is 23.7 Å². The lowest BCUT2D eigenvalue weighted by atomic mass is 10.2. The molecule has 2 aromatic heterocycles. The molecule has 19 heavy (non-hydrogen) atoms. The maximum absolute atomic E-state index is 11.1. The number of aryl methyl sites for hydroxylation is 1. The van der Waals surface area contributed by atoms with Crippen LogP contribution in [0.5, 0.6) is 0 Å². The summed E-state index contributed by atoms with van der Waals surface area (Å²) in [6, 6.07) is 5.80. The van der Waals surface area contributed by atoms with Gasteiger partial charge in [-0.05, 0) is 19.1 Å². The molecular formula is C13H13ClN4O. The monoisotopic (exact) mass is 276 g/mol. The first-order valence-electron chi connectivity index (χ1n) is 5.71. The second-order valence-electron chi connectivity index (χ2n) is 4.15. The first-order chi connectivity index (χ1) is 9.11. The van der Waals surface area contributed by atoms with Crippen LogP contribution in [-0.2, 0) is 6.54 Å². The molecule has 2 rings (SSSR count). The largest absolute Gasteiger partial charge is 0.353 e. The van der Waals surface area contributed by atoms with Crippen molar-refractivity contribution < 1.29 is 4.79 Å². The highest BCUT2D eigenvalue weighted by Gasteiger charge is 2.13. The van der Waals surface area contributed by atoms with E-state index in [0.717, 1.165) is 11.4 Å². The minimum absolute atomic E-state index is 0.157. The summed E-state index contributed by atoms with van der Waals surface area (Å²) >= 11 is 5.88. The molecule has 0 aliphatic rings. The van der Waals surface area contributed by atoms with Crippen molar-refractivity contribution in [1.29, 1.82) is 0 Å². The van der Waals surface area contributed by atoms with Gasteiger partial charge in [0.1, 0.15) is 17.3 Å². The molecule has 5 nitrogen and oxygen atoms in total. The van der Waals surface area contributed by atoms with E-state index in [4.69, 9.17) is 11.6 Å². The average Bonchev–Trinajstić information content (AvgIpc) is 2.38. The number of carbonyl (C=O) groups excluding carboxylic acids is 1. The van der Waals surface area contributed by atoms with Gasteiger partial charge in [0, 0.05) is 12.7 Å². The summed E-state index contributed by atoms with van der Waals surface area (Å²) in [6.07, 6.45) is 2.00. The first-order valence-corrected chi connectivity index (χ1v) is 6.09. The fraction of sp³-hybridized carbons (Fsp3) is 0.231. The second-order valence-corrected chi connectivity index (χ2v) is 4.50. The number of halogens is 1. The number of pyridine rings is 1. The summed E-state index contributed by atoms with van der Waals surface area (Å²) in [7, 11) is 1.83. The standard InChI is InChI=1S/C13H13ClN4O/c1-9-4-3-5-10(17-9)6-18(2)13-11(7-19)12(14)15-8-16-13/h3-5,7-8H,6H2,1-2H3. The van der Waals surface area contributed by atoms with Gasteiger partial charge in [-0.1, -0.05) is 17.7 Å². The summed E-state index contributed by atoms with van der Waals surface area (Å²) in [5, 5.41) is 0.157. The smallest absolute Gasteiger partial charge is 0.156 e. The zero-order chi connectivity index (χ0) is 13.8. The lowest BCUT2D eigenvalue weighted by molar-refractivity contribution is 0.112. The third-order valence-electron chi connectivity index (χ3n) is 2.64. The average molecular weight is 277 g/mol. The van der Waals surface area contributed by atoms with Gasteiger partial charge in [-0.15, -0.1) is 0 Å². The van der Waals surface area contributed by atoms with E-state index in [9.17, 15) is 4.79 Å². The van der Waals surface area contributed by atoms with E-state index in [0.29, 0.717) is 24.2 Å². The number of aldehydes is 1. The van der Waals surface area contributed by atoms with Crippen LogP contribution < -0.4 is 4.90 Å². The van der Waals surface area contributed by atoms with Gasteiger partial charge in [0.2, 0.25) is 0 Å². The summed E-state index contributed by atoms with van der Waals surface area (Å²) < 4.78 is 0. The third kappa shape index (κ3) is 3.06. The molecule has 2 aromatic rings. The van der Waals surface area contributed by atoms with Gasteiger partial charge in [-0.25, -0.2) is 9.97 Å². The van der Waals surface area contributed by atoms with Gasteiger partial charge in [0.05, 0.1) is 17.8 Å². The van der Waals surface area contributed by atoms with E-state index in [1.165, 1.54) is 6.33 Å². The summed E-state index contributed by atoms with van der Waals surface area (Å²) in [5.74, 6) is 0.498. The van der Waals surface area contributed by atoms with Crippen molar-refractivity contribution in [3.8, 4) is 0 Å². The van der Waals surface area contributed by atoms with Crippen LogP contribution in [-0.4, -0.2) is 28.3 Å². The molecule has 0 radical (unpaired) electrons. The Kier molecular flexibility index (Phi) is 4.06. The number of hydrogen-bond acceptors (Lipinski definition) is 5. The van der Waals surface area contributed by atoms with E-state index >= 15 is 0 Å². The Morgan fingerprint density at radius 1 is 1.37 bits per heavy atom. The van der Waals surface area contributed by atoms with E-state index in [2.05, 4.69) is 15.0 Å². The fourth-order valence-electron chi connectivity index (χ4n) is 1.78. The van der Waals surface area contributed by atoms with Gasteiger partial charge in [0.25, 0.3) is 0 Å². The molecule has 0 amide bonds. The molecule has 6 heteroatoms. The van der Waals surface area contributed by atoms with E-state index in [1.807, 2.05) is 37.1 Å². The molecule has 0 unspecified atom stereocenters. The predicted octanol–water partition coefficient (Wildman–Crippen LogP) is 2.28. The fourth-order valence-corrected chi connectivity index (χ4v) is 1.95. The predicted molar refractivity (Wildman–Crippen MR) is 73.5 cm³/mol. The van der Waals surface area contributed by atoms with Crippen molar-refractivity contribution in [2.45, 2.75) is 13.5 Å². The van der Waals surface area contributed by atoms with Crippen LogP contribution in [0.1, 0.15) is 21.7 Å². The molecular weight excluding hydrogens is 264 g/mol. The minimum Gasteiger partial charge on any atom is -0.353 e. The maximum atomic E-state index is 11.1. The molecule has 0 bridgehead atoms. The van der Waals surface area contributed by atoms with Crippen LogP contribution >= 0.6 is 11.6 Å². The SMILES string of the molecule is Cc1cccc(CN(C)c2ncnc(Cl)c2C=O)n1. The van der Waals surface area contributed by atoms with Crippen LogP contribution in [0.15, 0.2) is 24.5 Å². The van der Waals surface area contributed by atoms with Gasteiger partial charge in [-0.2, -0.15) is 0 Å². The normalized spacial score (nSPS) is 10.3. The number of anilines is 1. The highest BCUT2D eigenvalue weighted by atomic mass is 35.5. The van der Waals surface area contributed by atoms with Gasteiger partial charge < -0.3 is 4.90 Å². The van der Waals surface area contributed by atoms with E-state index in [1.54, 1.807) is 0 Å². The van der Waals surface area contributed by atoms with Crippen LogP contribution in [0.25, 0.3) is 0 Å². The number of hydrogen-bond donors (Lipinski definition) is 0. The lowest BCUT2D eigenvalue weighted by Crippen LogP contribution is -2.20. The zero-order valence-electron chi connectivity index (χ0n) is 10.7. The van der Waals surface area contributed by atoms with Crippen molar-refractivity contribution in [3.05, 3.63) is 46.6 Å². The molecule has 0 aliphatic heterocycles. The maximum Gasteiger partial charge on any atom is 0.156 e. The van der Waals surface area contributed by atoms with Crippen LogP contribution in [0, 0.1) is 6.92 Å². The van der Waals surface area contributed by atoms with Crippen LogP contribution in [0.4, 0.5) is 5.82 Å². The number of aromatic nitrogens is 3. The molecule has 0 spiro atoms. The van der Waals surface area contributed by atoms with Crippen molar-refractivity contribution in [1.82, 2.24) is 15.0 Å². The highest BCUT2D eigenvalue weighted by Crippen LogP contribution is 2.21. The summed E-state index contributed by atoms with van der Waals surface area (Å²) in [6.45, 7) is 2.47. The van der Waals surface area contributed by atoms with Crippen molar-refractivity contribution in [2.75, 3.05) is 11.9 Å². The summed E-state index contributed by atoms with van der Waals surface area (Å²) in [4.78, 5) is 25.2. The van der Waals surface area contributed by atoms with Gasteiger partial charge in [0.15, 0.2) is 6.29 Å². The van der Waals surface area contributed by atoms with E-state index < -0.39 is 0 Å². The molecule has 0 saturated heterocycles. The Balaban J connectivity index is 2.27. The molecule has 0 aromatic carbocycles. The summed E-state index contributed by atoms with van der Waals surface area (Å²) in [5.41, 5.74) is 2.13. The molecule has 2 heterocycles.